The lowest BCUT2D eigenvalue weighted by molar-refractivity contribution is -0.153. The monoisotopic (exact) mass is 389 g/mol. The van der Waals surface area contributed by atoms with Gasteiger partial charge in [0.25, 0.3) is 0 Å². The van der Waals surface area contributed by atoms with Crippen LogP contribution in [0.5, 0.6) is 5.75 Å². The number of hydrogen-bond acceptors (Lipinski definition) is 4. The van der Waals surface area contributed by atoms with E-state index < -0.39 is 12.8 Å². The number of hydrogen-bond donors (Lipinski definition) is 2. The van der Waals surface area contributed by atoms with Crippen molar-refractivity contribution in [2.45, 2.75) is 25.6 Å². The first kappa shape index (κ1) is 21.7. The number of pyridine rings is 1. The number of halogens is 4. The van der Waals surface area contributed by atoms with E-state index in [2.05, 4.69) is 10.3 Å². The largest absolute Gasteiger partial charge is 0.484 e. The van der Waals surface area contributed by atoms with Gasteiger partial charge in [-0.05, 0) is 36.8 Å². The highest BCUT2D eigenvalue weighted by molar-refractivity contribution is 5.96. The van der Waals surface area contributed by atoms with E-state index in [0.717, 1.165) is 5.56 Å². The molecule has 3 N–H and O–H groups in total. The average molecular weight is 390 g/mol. The third kappa shape index (κ3) is 6.89. The lowest BCUT2D eigenvalue weighted by Crippen LogP contribution is -2.24. The predicted molar refractivity (Wildman–Crippen MR) is 95.4 cm³/mol. The Morgan fingerprint density at radius 2 is 1.92 bits per heavy atom. The summed E-state index contributed by atoms with van der Waals surface area (Å²) in [6.45, 7) is 0.279. The minimum absolute atomic E-state index is 0. The van der Waals surface area contributed by atoms with Gasteiger partial charge >= 0.3 is 6.18 Å². The highest BCUT2D eigenvalue weighted by Crippen LogP contribution is 2.32. The quantitative estimate of drug-likeness (QED) is 0.788. The van der Waals surface area contributed by atoms with Crippen LogP contribution in [0.1, 0.15) is 13.3 Å². The summed E-state index contributed by atoms with van der Waals surface area (Å²) in [4.78, 5) is 15.9. The summed E-state index contributed by atoms with van der Waals surface area (Å²) in [6.07, 6.45) is -1.19. The van der Waals surface area contributed by atoms with Gasteiger partial charge in [0.2, 0.25) is 5.91 Å². The highest BCUT2D eigenvalue weighted by atomic mass is 35.5. The van der Waals surface area contributed by atoms with Crippen LogP contribution in [-0.2, 0) is 4.79 Å². The van der Waals surface area contributed by atoms with Crippen LogP contribution >= 0.6 is 12.4 Å². The van der Waals surface area contributed by atoms with Crippen LogP contribution < -0.4 is 15.8 Å². The van der Waals surface area contributed by atoms with Crippen LogP contribution in [-0.4, -0.2) is 29.7 Å². The Balaban J connectivity index is 0.00000338. The summed E-state index contributed by atoms with van der Waals surface area (Å²) >= 11 is 0. The Bertz CT molecular complexity index is 725. The fourth-order valence-corrected chi connectivity index (χ4v) is 2.16. The smallest absolute Gasteiger partial charge is 0.422 e. The number of nitrogens with zero attached hydrogens (tertiary/aromatic N) is 1. The molecular formula is C17H19ClF3N3O2. The van der Waals surface area contributed by atoms with Gasteiger partial charge in [0.15, 0.2) is 6.61 Å². The van der Waals surface area contributed by atoms with Gasteiger partial charge in [-0.25, -0.2) is 0 Å². The third-order valence-electron chi connectivity index (χ3n) is 3.17. The number of aromatic nitrogens is 1. The second kappa shape index (κ2) is 9.40. The van der Waals surface area contributed by atoms with Crippen molar-refractivity contribution >= 4 is 24.0 Å². The number of anilines is 1. The second-order valence-electron chi connectivity index (χ2n) is 5.58. The zero-order valence-corrected chi connectivity index (χ0v) is 14.7. The van der Waals surface area contributed by atoms with Crippen LogP contribution in [0.15, 0.2) is 42.7 Å². The lowest BCUT2D eigenvalue weighted by Gasteiger charge is -2.15. The van der Waals surface area contributed by atoms with Gasteiger partial charge in [0.1, 0.15) is 5.75 Å². The van der Waals surface area contributed by atoms with Gasteiger partial charge in [-0.2, -0.15) is 13.2 Å². The van der Waals surface area contributed by atoms with E-state index >= 15 is 0 Å². The van der Waals surface area contributed by atoms with E-state index in [-0.39, 0.29) is 36.5 Å². The standard InChI is InChI=1S/C17H18F3N3O2.ClH/c1-11(21)8-16(24)23-15-9-13(25-10-17(18,19)20)2-3-14(15)12-4-6-22-7-5-12;/h2-7,9,11H,8,10,21H2,1H3,(H,23,24);1H. The Hall–Kier alpha value is -2.32. The summed E-state index contributed by atoms with van der Waals surface area (Å²) in [5.74, 6) is -0.329. The number of carbonyl (C=O) groups is 1. The van der Waals surface area contributed by atoms with E-state index in [9.17, 15) is 18.0 Å². The highest BCUT2D eigenvalue weighted by Gasteiger charge is 2.28. The molecule has 0 aliphatic rings. The molecule has 26 heavy (non-hydrogen) atoms. The number of carbonyl (C=O) groups excluding carboxylic acids is 1. The fourth-order valence-electron chi connectivity index (χ4n) is 2.16. The molecule has 1 atom stereocenters. The maximum Gasteiger partial charge on any atom is 0.422 e. The van der Waals surface area contributed by atoms with Crippen molar-refractivity contribution in [3.63, 3.8) is 0 Å². The summed E-state index contributed by atoms with van der Waals surface area (Å²) < 4.78 is 41.7. The van der Waals surface area contributed by atoms with E-state index in [1.165, 1.54) is 12.1 Å². The molecule has 5 nitrogen and oxygen atoms in total. The molecule has 1 heterocycles. The van der Waals surface area contributed by atoms with Crippen molar-refractivity contribution in [3.8, 4) is 16.9 Å². The first-order valence-corrected chi connectivity index (χ1v) is 7.54. The molecule has 1 unspecified atom stereocenters. The molecule has 0 radical (unpaired) electrons. The Kier molecular flexibility index (Phi) is 7.85. The van der Waals surface area contributed by atoms with Crippen LogP contribution in [0.4, 0.5) is 18.9 Å². The molecule has 1 aromatic heterocycles. The molecule has 0 bridgehead atoms. The number of alkyl halides is 3. The molecule has 0 aliphatic heterocycles. The molecular weight excluding hydrogens is 371 g/mol. The number of nitrogens with one attached hydrogen (secondary N) is 1. The van der Waals surface area contributed by atoms with Gasteiger partial charge in [-0.15, -0.1) is 12.4 Å². The molecule has 1 aromatic carbocycles. The molecule has 0 fully saturated rings. The molecule has 1 amide bonds. The van der Waals surface area contributed by atoms with E-state index in [4.69, 9.17) is 10.5 Å². The lowest BCUT2D eigenvalue weighted by atomic mass is 10.0. The van der Waals surface area contributed by atoms with Gasteiger partial charge in [-0.1, -0.05) is 0 Å². The van der Waals surface area contributed by atoms with Crippen LogP contribution in [0, 0.1) is 0 Å². The summed E-state index contributed by atoms with van der Waals surface area (Å²) in [7, 11) is 0. The molecule has 2 aromatic rings. The van der Waals surface area contributed by atoms with E-state index in [1.807, 2.05) is 0 Å². The van der Waals surface area contributed by atoms with Gasteiger partial charge in [-0.3, -0.25) is 9.78 Å². The Morgan fingerprint density at radius 1 is 1.27 bits per heavy atom. The zero-order valence-electron chi connectivity index (χ0n) is 13.9. The maximum absolute atomic E-state index is 12.3. The minimum Gasteiger partial charge on any atom is -0.484 e. The molecule has 2 rings (SSSR count). The van der Waals surface area contributed by atoms with Gasteiger partial charge < -0.3 is 15.8 Å². The number of benzene rings is 1. The van der Waals surface area contributed by atoms with Crippen LogP contribution in [0.25, 0.3) is 11.1 Å². The van der Waals surface area contributed by atoms with Gasteiger partial charge in [0.05, 0.1) is 5.69 Å². The molecule has 0 saturated heterocycles. The first-order chi connectivity index (χ1) is 11.7. The summed E-state index contributed by atoms with van der Waals surface area (Å²) in [5, 5.41) is 2.68. The zero-order chi connectivity index (χ0) is 18.4. The Morgan fingerprint density at radius 3 is 2.50 bits per heavy atom. The van der Waals surface area contributed by atoms with Crippen molar-refractivity contribution < 1.29 is 22.7 Å². The normalized spacial score (nSPS) is 12.0. The van der Waals surface area contributed by atoms with Gasteiger partial charge in [0, 0.05) is 36.5 Å². The van der Waals surface area contributed by atoms with Crippen molar-refractivity contribution in [2.24, 2.45) is 5.73 Å². The first-order valence-electron chi connectivity index (χ1n) is 7.54. The summed E-state index contributed by atoms with van der Waals surface area (Å²) in [5.41, 5.74) is 7.34. The van der Waals surface area contributed by atoms with Crippen molar-refractivity contribution in [2.75, 3.05) is 11.9 Å². The number of nitrogens with two attached hydrogens (primary N) is 1. The molecule has 0 aliphatic carbocycles. The minimum atomic E-state index is -4.44. The molecule has 142 valence electrons. The average Bonchev–Trinajstić information content (AvgIpc) is 2.52. The fraction of sp³-hybridized carbons (Fsp3) is 0.294. The van der Waals surface area contributed by atoms with E-state index in [1.54, 1.807) is 37.5 Å². The van der Waals surface area contributed by atoms with Crippen molar-refractivity contribution in [1.82, 2.24) is 4.98 Å². The topological polar surface area (TPSA) is 77.2 Å². The van der Waals surface area contributed by atoms with Crippen LogP contribution in [0.2, 0.25) is 0 Å². The maximum atomic E-state index is 12.3. The molecule has 0 saturated carbocycles. The number of ether oxygens (including phenoxy) is 1. The van der Waals surface area contributed by atoms with Crippen molar-refractivity contribution in [3.05, 3.63) is 42.7 Å². The number of rotatable bonds is 6. The predicted octanol–water partition coefficient (Wildman–Crippen LogP) is 3.79. The Labute approximate surface area is 155 Å². The number of amides is 1. The van der Waals surface area contributed by atoms with E-state index in [0.29, 0.717) is 11.3 Å². The third-order valence-corrected chi connectivity index (χ3v) is 3.17. The molecule has 0 spiro atoms. The second-order valence-corrected chi connectivity index (χ2v) is 5.58. The SMILES string of the molecule is CC(N)CC(=O)Nc1cc(OCC(F)(F)F)ccc1-c1ccncc1.Cl. The van der Waals surface area contributed by atoms with Crippen molar-refractivity contribution in [1.29, 1.82) is 0 Å². The molecule has 9 heteroatoms. The van der Waals surface area contributed by atoms with Crippen LogP contribution in [0.3, 0.4) is 0 Å². The summed E-state index contributed by atoms with van der Waals surface area (Å²) in [6, 6.07) is 7.49.